The Labute approximate surface area is 103 Å². The maximum absolute atomic E-state index is 11.8. The van der Waals surface area contributed by atoms with Crippen molar-refractivity contribution >= 4 is 31.6 Å². The molecule has 0 amide bonds. The van der Waals surface area contributed by atoms with E-state index in [1.165, 1.54) is 25.1 Å². The van der Waals surface area contributed by atoms with Crippen LogP contribution in [0.5, 0.6) is 0 Å². The van der Waals surface area contributed by atoms with Crippen molar-refractivity contribution in [2.45, 2.75) is 17.9 Å². The minimum atomic E-state index is -3.62. The Bertz CT molecular complexity index is 474. The Morgan fingerprint density at radius 1 is 1.56 bits per heavy atom. The van der Waals surface area contributed by atoms with E-state index < -0.39 is 16.1 Å². The summed E-state index contributed by atoms with van der Waals surface area (Å²) in [5.41, 5.74) is 5.98. The molecule has 0 radical (unpaired) electrons. The fourth-order valence-electron chi connectivity index (χ4n) is 1.04. The second kappa shape index (κ2) is 5.13. The molecule has 0 spiro atoms. The van der Waals surface area contributed by atoms with Crippen molar-refractivity contribution in [2.75, 3.05) is 12.3 Å². The molecule has 0 fully saturated rings. The van der Waals surface area contributed by atoms with Gasteiger partial charge in [-0.3, -0.25) is 0 Å². The highest BCUT2D eigenvalue weighted by molar-refractivity contribution is 9.10. The molecule has 1 atom stereocenters. The van der Waals surface area contributed by atoms with Gasteiger partial charge in [0.1, 0.15) is 0 Å². The van der Waals surface area contributed by atoms with Crippen molar-refractivity contribution in [1.29, 1.82) is 0 Å². The summed E-state index contributed by atoms with van der Waals surface area (Å²) in [7, 11) is -3.62. The summed E-state index contributed by atoms with van der Waals surface area (Å²) in [6, 6.07) is 4.42. The smallest absolute Gasteiger partial charge is 0.241 e. The van der Waals surface area contributed by atoms with Gasteiger partial charge >= 0.3 is 0 Å². The SMILES string of the molecule is C[C@@H](O)CNS(=O)(=O)c1ccc(N)cc1Br. The number of nitrogens with two attached hydrogens (primary N) is 1. The number of nitrogen functional groups attached to an aromatic ring is 1. The first-order valence-corrected chi connectivity index (χ1v) is 6.83. The predicted molar refractivity (Wildman–Crippen MR) is 65.4 cm³/mol. The number of hydrogen-bond acceptors (Lipinski definition) is 4. The Balaban J connectivity index is 2.99. The largest absolute Gasteiger partial charge is 0.399 e. The lowest BCUT2D eigenvalue weighted by molar-refractivity contribution is 0.198. The monoisotopic (exact) mass is 308 g/mol. The van der Waals surface area contributed by atoms with Gasteiger partial charge in [-0.15, -0.1) is 0 Å². The maximum atomic E-state index is 11.8. The molecule has 0 saturated carbocycles. The van der Waals surface area contributed by atoms with E-state index in [4.69, 9.17) is 10.8 Å². The molecule has 0 aromatic heterocycles. The lowest BCUT2D eigenvalue weighted by Gasteiger charge is -2.10. The molecule has 0 saturated heterocycles. The zero-order chi connectivity index (χ0) is 12.3. The van der Waals surface area contributed by atoms with E-state index >= 15 is 0 Å². The van der Waals surface area contributed by atoms with Gasteiger partial charge in [-0.1, -0.05) is 0 Å². The molecule has 0 heterocycles. The molecule has 1 aromatic rings. The molecule has 0 aliphatic heterocycles. The van der Waals surface area contributed by atoms with Gasteiger partial charge in [-0.25, -0.2) is 13.1 Å². The van der Waals surface area contributed by atoms with Gasteiger partial charge in [0.15, 0.2) is 0 Å². The fourth-order valence-corrected chi connectivity index (χ4v) is 3.26. The Morgan fingerprint density at radius 3 is 2.69 bits per heavy atom. The molecule has 0 bridgehead atoms. The van der Waals surface area contributed by atoms with E-state index in [0.29, 0.717) is 10.2 Å². The standard InChI is InChI=1S/C9H13BrN2O3S/c1-6(13)5-12-16(14,15)9-3-2-7(11)4-8(9)10/h2-4,6,12-13H,5,11H2,1H3/t6-/m1/s1. The van der Waals surface area contributed by atoms with Crippen LogP contribution in [0.2, 0.25) is 0 Å². The molecule has 0 unspecified atom stereocenters. The summed E-state index contributed by atoms with van der Waals surface area (Å²) in [5, 5.41) is 9.02. The highest BCUT2D eigenvalue weighted by atomic mass is 79.9. The number of anilines is 1. The maximum Gasteiger partial charge on any atom is 0.241 e. The van der Waals surface area contributed by atoms with Crippen LogP contribution in [0.15, 0.2) is 27.6 Å². The Kier molecular flexibility index (Phi) is 4.31. The fraction of sp³-hybridized carbons (Fsp3) is 0.333. The lowest BCUT2D eigenvalue weighted by Crippen LogP contribution is -2.30. The summed E-state index contributed by atoms with van der Waals surface area (Å²) in [4.78, 5) is 0.0994. The molecular weight excluding hydrogens is 296 g/mol. The zero-order valence-electron chi connectivity index (χ0n) is 8.64. The Hall–Kier alpha value is -0.630. The van der Waals surface area contributed by atoms with E-state index in [1.807, 2.05) is 0 Å². The second-order valence-electron chi connectivity index (χ2n) is 3.39. The number of sulfonamides is 1. The van der Waals surface area contributed by atoms with Crippen LogP contribution >= 0.6 is 15.9 Å². The van der Waals surface area contributed by atoms with Gasteiger partial charge < -0.3 is 10.8 Å². The molecule has 7 heteroatoms. The third kappa shape index (κ3) is 3.44. The Morgan fingerprint density at radius 2 is 2.19 bits per heavy atom. The topological polar surface area (TPSA) is 92.4 Å². The number of nitrogens with one attached hydrogen (secondary N) is 1. The quantitative estimate of drug-likeness (QED) is 0.714. The van der Waals surface area contributed by atoms with Crippen molar-refractivity contribution in [3.05, 3.63) is 22.7 Å². The molecular formula is C9H13BrN2O3S. The lowest BCUT2D eigenvalue weighted by atomic mass is 10.3. The molecule has 0 aliphatic rings. The van der Waals surface area contributed by atoms with Crippen molar-refractivity contribution in [2.24, 2.45) is 0 Å². The summed E-state index contributed by atoms with van der Waals surface area (Å²) in [5.74, 6) is 0. The normalized spacial score (nSPS) is 13.7. The summed E-state index contributed by atoms with van der Waals surface area (Å²) in [6.07, 6.45) is -0.734. The van der Waals surface area contributed by atoms with Crippen molar-refractivity contribution in [3.63, 3.8) is 0 Å². The van der Waals surface area contributed by atoms with Crippen LogP contribution in [-0.4, -0.2) is 26.2 Å². The molecule has 1 aromatic carbocycles. The molecule has 90 valence electrons. The highest BCUT2D eigenvalue weighted by Gasteiger charge is 2.17. The van der Waals surface area contributed by atoms with Crippen LogP contribution < -0.4 is 10.5 Å². The predicted octanol–water partition coefficient (Wildman–Crippen LogP) is 0.690. The number of aliphatic hydroxyl groups excluding tert-OH is 1. The van der Waals surface area contributed by atoms with E-state index in [2.05, 4.69) is 20.7 Å². The number of rotatable bonds is 4. The third-order valence-corrected chi connectivity index (χ3v) is 4.21. The van der Waals surface area contributed by atoms with Gasteiger partial charge in [-0.05, 0) is 41.1 Å². The number of aliphatic hydroxyl groups is 1. The van der Waals surface area contributed by atoms with Gasteiger partial charge in [0.2, 0.25) is 10.0 Å². The van der Waals surface area contributed by atoms with Crippen molar-refractivity contribution in [1.82, 2.24) is 4.72 Å². The summed E-state index contributed by atoms with van der Waals surface area (Å²) < 4.78 is 26.2. The van der Waals surface area contributed by atoms with Crippen molar-refractivity contribution < 1.29 is 13.5 Å². The molecule has 1 rings (SSSR count). The van der Waals surface area contributed by atoms with Crippen LogP contribution in [0.25, 0.3) is 0 Å². The third-order valence-electron chi connectivity index (χ3n) is 1.81. The van der Waals surface area contributed by atoms with Gasteiger partial charge in [-0.2, -0.15) is 0 Å². The number of halogens is 1. The van der Waals surface area contributed by atoms with E-state index in [-0.39, 0.29) is 11.4 Å². The van der Waals surface area contributed by atoms with E-state index in [9.17, 15) is 8.42 Å². The van der Waals surface area contributed by atoms with Crippen molar-refractivity contribution in [3.8, 4) is 0 Å². The number of benzene rings is 1. The van der Waals surface area contributed by atoms with E-state index in [0.717, 1.165) is 0 Å². The van der Waals surface area contributed by atoms with Crippen LogP contribution in [0, 0.1) is 0 Å². The minimum Gasteiger partial charge on any atom is -0.399 e. The first-order chi connectivity index (χ1) is 7.33. The molecule has 0 aliphatic carbocycles. The molecule has 4 N–H and O–H groups in total. The van der Waals surface area contributed by atoms with Gasteiger partial charge in [0, 0.05) is 16.7 Å². The minimum absolute atomic E-state index is 0.0286. The summed E-state index contributed by atoms with van der Waals surface area (Å²) >= 11 is 3.13. The van der Waals surface area contributed by atoms with Crippen LogP contribution in [0.4, 0.5) is 5.69 Å². The van der Waals surface area contributed by atoms with Gasteiger partial charge in [0.05, 0.1) is 11.0 Å². The highest BCUT2D eigenvalue weighted by Crippen LogP contribution is 2.23. The summed E-state index contributed by atoms with van der Waals surface area (Å²) in [6.45, 7) is 1.47. The van der Waals surface area contributed by atoms with E-state index in [1.54, 1.807) is 0 Å². The first-order valence-electron chi connectivity index (χ1n) is 4.55. The van der Waals surface area contributed by atoms with Gasteiger partial charge in [0.25, 0.3) is 0 Å². The average Bonchev–Trinajstić information content (AvgIpc) is 2.14. The van der Waals surface area contributed by atoms with Crippen LogP contribution in [0.3, 0.4) is 0 Å². The molecule has 5 nitrogen and oxygen atoms in total. The van der Waals surface area contributed by atoms with Crippen LogP contribution in [-0.2, 0) is 10.0 Å². The van der Waals surface area contributed by atoms with Crippen LogP contribution in [0.1, 0.15) is 6.92 Å². The molecule has 16 heavy (non-hydrogen) atoms. The zero-order valence-corrected chi connectivity index (χ0v) is 11.0. The average molecular weight is 309 g/mol. The second-order valence-corrected chi connectivity index (χ2v) is 5.98. The first kappa shape index (κ1) is 13.4. The number of hydrogen-bond donors (Lipinski definition) is 3.